The van der Waals surface area contributed by atoms with Gasteiger partial charge in [-0.15, -0.1) is 0 Å². The second-order valence-corrected chi connectivity index (χ2v) is 5.89. The first-order valence-corrected chi connectivity index (χ1v) is 6.44. The SMILES string of the molecule is CCCC(C)CN1CC(C)NCC1(C)C. The summed E-state index contributed by atoms with van der Waals surface area (Å²) in [7, 11) is 0. The third-order valence-electron chi connectivity index (χ3n) is 3.55. The fraction of sp³-hybridized carbons (Fsp3) is 1.00. The summed E-state index contributed by atoms with van der Waals surface area (Å²) >= 11 is 0. The molecule has 1 N–H and O–H groups in total. The Kier molecular flexibility index (Phi) is 4.60. The molecule has 0 bridgehead atoms. The zero-order valence-corrected chi connectivity index (χ0v) is 11.1. The maximum atomic E-state index is 3.57. The zero-order chi connectivity index (χ0) is 11.5. The Hall–Kier alpha value is -0.0800. The molecule has 0 spiro atoms. The van der Waals surface area contributed by atoms with Gasteiger partial charge in [0.05, 0.1) is 0 Å². The summed E-state index contributed by atoms with van der Waals surface area (Å²) in [5.74, 6) is 0.833. The molecule has 2 nitrogen and oxygen atoms in total. The van der Waals surface area contributed by atoms with E-state index in [0.717, 1.165) is 12.5 Å². The van der Waals surface area contributed by atoms with Gasteiger partial charge in [-0.05, 0) is 33.1 Å². The van der Waals surface area contributed by atoms with Crippen LogP contribution >= 0.6 is 0 Å². The molecule has 0 aromatic rings. The highest BCUT2D eigenvalue weighted by Crippen LogP contribution is 2.21. The molecular formula is C13H28N2. The van der Waals surface area contributed by atoms with Gasteiger partial charge in [-0.3, -0.25) is 4.90 Å². The van der Waals surface area contributed by atoms with Crippen molar-refractivity contribution in [3.8, 4) is 0 Å². The average molecular weight is 212 g/mol. The van der Waals surface area contributed by atoms with Gasteiger partial charge < -0.3 is 5.32 Å². The fourth-order valence-corrected chi connectivity index (χ4v) is 2.46. The Morgan fingerprint density at radius 3 is 2.73 bits per heavy atom. The Labute approximate surface area is 95.4 Å². The summed E-state index contributed by atoms with van der Waals surface area (Å²) in [6, 6.07) is 0.645. The molecule has 2 heteroatoms. The van der Waals surface area contributed by atoms with Gasteiger partial charge in [-0.2, -0.15) is 0 Å². The van der Waals surface area contributed by atoms with Crippen molar-refractivity contribution in [3.05, 3.63) is 0 Å². The Morgan fingerprint density at radius 2 is 2.13 bits per heavy atom. The first-order chi connectivity index (χ1) is 6.95. The van der Waals surface area contributed by atoms with E-state index in [1.165, 1.54) is 25.9 Å². The van der Waals surface area contributed by atoms with Crippen LogP contribution in [0.2, 0.25) is 0 Å². The van der Waals surface area contributed by atoms with Crippen molar-refractivity contribution < 1.29 is 0 Å². The van der Waals surface area contributed by atoms with Crippen LogP contribution in [0.4, 0.5) is 0 Å². The summed E-state index contributed by atoms with van der Waals surface area (Å²) in [4.78, 5) is 2.66. The second kappa shape index (κ2) is 5.31. The predicted octanol–water partition coefficient (Wildman–Crippen LogP) is 2.49. The lowest BCUT2D eigenvalue weighted by Gasteiger charge is -2.46. The standard InChI is InChI=1S/C13H28N2/c1-6-7-11(2)8-15-9-12(3)14-10-13(15,4)5/h11-12,14H,6-10H2,1-5H3. The van der Waals surface area contributed by atoms with Gasteiger partial charge in [0.1, 0.15) is 0 Å². The van der Waals surface area contributed by atoms with Crippen molar-refractivity contribution in [3.63, 3.8) is 0 Å². The highest BCUT2D eigenvalue weighted by Gasteiger charge is 2.32. The summed E-state index contributed by atoms with van der Waals surface area (Å²) < 4.78 is 0. The van der Waals surface area contributed by atoms with E-state index in [1.807, 2.05) is 0 Å². The van der Waals surface area contributed by atoms with E-state index >= 15 is 0 Å². The van der Waals surface area contributed by atoms with Crippen LogP contribution in [0.1, 0.15) is 47.5 Å². The van der Waals surface area contributed by atoms with Gasteiger partial charge in [0.25, 0.3) is 0 Å². The quantitative estimate of drug-likeness (QED) is 0.770. The molecule has 2 unspecified atom stereocenters. The van der Waals surface area contributed by atoms with Crippen molar-refractivity contribution >= 4 is 0 Å². The predicted molar refractivity (Wildman–Crippen MR) is 67.2 cm³/mol. The minimum absolute atomic E-state index is 0.328. The zero-order valence-electron chi connectivity index (χ0n) is 11.1. The van der Waals surface area contributed by atoms with Crippen LogP contribution < -0.4 is 5.32 Å². The Morgan fingerprint density at radius 1 is 1.47 bits per heavy atom. The van der Waals surface area contributed by atoms with E-state index in [0.29, 0.717) is 11.6 Å². The third-order valence-corrected chi connectivity index (χ3v) is 3.55. The second-order valence-electron chi connectivity index (χ2n) is 5.89. The van der Waals surface area contributed by atoms with Crippen LogP contribution in [0.5, 0.6) is 0 Å². The summed E-state index contributed by atoms with van der Waals surface area (Å²) in [6.45, 7) is 15.2. The lowest BCUT2D eigenvalue weighted by Crippen LogP contribution is -2.61. The molecule has 0 radical (unpaired) electrons. The van der Waals surface area contributed by atoms with Gasteiger partial charge in [0, 0.05) is 31.2 Å². The molecule has 0 aromatic carbocycles. The van der Waals surface area contributed by atoms with E-state index in [2.05, 4.69) is 44.8 Å². The Bertz CT molecular complexity index is 189. The van der Waals surface area contributed by atoms with E-state index in [1.54, 1.807) is 0 Å². The molecule has 90 valence electrons. The number of piperazine rings is 1. The van der Waals surface area contributed by atoms with Crippen molar-refractivity contribution in [2.24, 2.45) is 5.92 Å². The van der Waals surface area contributed by atoms with E-state index in [-0.39, 0.29) is 0 Å². The van der Waals surface area contributed by atoms with Gasteiger partial charge in [-0.1, -0.05) is 20.3 Å². The smallest absolute Gasteiger partial charge is 0.0278 e. The van der Waals surface area contributed by atoms with Crippen molar-refractivity contribution in [1.82, 2.24) is 10.2 Å². The highest BCUT2D eigenvalue weighted by molar-refractivity contribution is 4.91. The van der Waals surface area contributed by atoms with Crippen LogP contribution in [0.15, 0.2) is 0 Å². The van der Waals surface area contributed by atoms with E-state index in [9.17, 15) is 0 Å². The molecule has 0 aliphatic carbocycles. The highest BCUT2D eigenvalue weighted by atomic mass is 15.3. The number of hydrogen-bond donors (Lipinski definition) is 1. The molecule has 1 rings (SSSR count). The summed E-state index contributed by atoms with van der Waals surface area (Å²) in [5, 5.41) is 3.57. The number of hydrogen-bond acceptors (Lipinski definition) is 2. The fourth-order valence-electron chi connectivity index (χ4n) is 2.46. The van der Waals surface area contributed by atoms with Crippen LogP contribution in [-0.4, -0.2) is 36.1 Å². The van der Waals surface area contributed by atoms with Gasteiger partial charge in [0.2, 0.25) is 0 Å². The van der Waals surface area contributed by atoms with Crippen molar-refractivity contribution in [2.45, 2.75) is 59.0 Å². The molecule has 15 heavy (non-hydrogen) atoms. The van der Waals surface area contributed by atoms with Crippen LogP contribution in [-0.2, 0) is 0 Å². The van der Waals surface area contributed by atoms with Crippen molar-refractivity contribution in [1.29, 1.82) is 0 Å². The number of rotatable bonds is 4. The van der Waals surface area contributed by atoms with Crippen LogP contribution in [0.25, 0.3) is 0 Å². The Balaban J connectivity index is 2.49. The first-order valence-electron chi connectivity index (χ1n) is 6.44. The molecule has 1 heterocycles. The normalized spacial score (nSPS) is 29.0. The lowest BCUT2D eigenvalue weighted by molar-refractivity contribution is 0.0553. The minimum Gasteiger partial charge on any atom is -0.311 e. The molecule has 0 aromatic heterocycles. The van der Waals surface area contributed by atoms with Crippen molar-refractivity contribution in [2.75, 3.05) is 19.6 Å². The average Bonchev–Trinajstić information content (AvgIpc) is 2.12. The largest absolute Gasteiger partial charge is 0.311 e. The number of nitrogens with one attached hydrogen (secondary N) is 1. The molecule has 2 atom stereocenters. The molecule has 1 aliphatic rings. The molecule has 0 saturated carbocycles. The number of nitrogens with zero attached hydrogens (tertiary/aromatic N) is 1. The van der Waals surface area contributed by atoms with Gasteiger partial charge in [-0.25, -0.2) is 0 Å². The molecule has 1 fully saturated rings. The molecular weight excluding hydrogens is 184 g/mol. The van der Waals surface area contributed by atoms with Gasteiger partial charge in [0.15, 0.2) is 0 Å². The third kappa shape index (κ3) is 3.76. The monoisotopic (exact) mass is 212 g/mol. The van der Waals surface area contributed by atoms with E-state index < -0.39 is 0 Å². The van der Waals surface area contributed by atoms with Crippen LogP contribution in [0.3, 0.4) is 0 Å². The summed E-state index contributed by atoms with van der Waals surface area (Å²) in [6.07, 6.45) is 2.66. The van der Waals surface area contributed by atoms with Crippen LogP contribution in [0, 0.1) is 5.92 Å². The van der Waals surface area contributed by atoms with E-state index in [4.69, 9.17) is 0 Å². The maximum Gasteiger partial charge on any atom is 0.0278 e. The molecule has 0 amide bonds. The van der Waals surface area contributed by atoms with Gasteiger partial charge >= 0.3 is 0 Å². The lowest BCUT2D eigenvalue weighted by atomic mass is 9.95. The summed E-state index contributed by atoms with van der Waals surface area (Å²) in [5.41, 5.74) is 0.328. The first kappa shape index (κ1) is 13.0. The maximum absolute atomic E-state index is 3.57. The minimum atomic E-state index is 0.328. The molecule has 1 saturated heterocycles. The molecule has 1 aliphatic heterocycles. The topological polar surface area (TPSA) is 15.3 Å².